The molecule has 94 valence electrons. The molecule has 0 spiro atoms. The number of nitrogens with one attached hydrogen (secondary N) is 1. The van der Waals surface area contributed by atoms with Gasteiger partial charge in [-0.15, -0.1) is 11.3 Å². The summed E-state index contributed by atoms with van der Waals surface area (Å²) >= 11 is 7.15. The summed E-state index contributed by atoms with van der Waals surface area (Å²) in [6.07, 6.45) is 1.70. The highest BCUT2D eigenvalue weighted by molar-refractivity contribution is 7.15. The SMILES string of the molecule is Cc1cc(C#N)cc(C#N)c1NCc1cnc(Cl)s1. The van der Waals surface area contributed by atoms with Gasteiger partial charge in [-0.05, 0) is 24.6 Å². The second-order valence-corrected chi connectivity index (χ2v) is 5.57. The fourth-order valence-electron chi connectivity index (χ4n) is 1.72. The van der Waals surface area contributed by atoms with Crippen molar-refractivity contribution in [2.24, 2.45) is 0 Å². The van der Waals surface area contributed by atoms with Crippen LogP contribution in [0.1, 0.15) is 21.6 Å². The maximum atomic E-state index is 9.13. The van der Waals surface area contributed by atoms with Crippen molar-refractivity contribution in [2.75, 3.05) is 5.32 Å². The Hall–Kier alpha value is -2.08. The molecule has 1 aromatic heterocycles. The zero-order valence-electron chi connectivity index (χ0n) is 10.1. The molecular weight excluding hydrogens is 280 g/mol. The van der Waals surface area contributed by atoms with Crippen molar-refractivity contribution in [3.8, 4) is 12.1 Å². The molecule has 0 aliphatic carbocycles. The van der Waals surface area contributed by atoms with Crippen molar-refractivity contribution in [1.29, 1.82) is 10.5 Å². The Balaban J connectivity index is 2.25. The predicted octanol–water partition coefficient (Wildman–Crippen LogP) is 3.46. The van der Waals surface area contributed by atoms with Gasteiger partial charge in [0, 0.05) is 11.1 Å². The minimum absolute atomic E-state index is 0.465. The maximum Gasteiger partial charge on any atom is 0.183 e. The molecule has 0 aliphatic rings. The predicted molar refractivity (Wildman–Crippen MR) is 75.1 cm³/mol. The van der Waals surface area contributed by atoms with Crippen molar-refractivity contribution in [1.82, 2.24) is 4.98 Å². The van der Waals surface area contributed by atoms with Crippen LogP contribution in [0.25, 0.3) is 0 Å². The Morgan fingerprint density at radius 1 is 1.37 bits per heavy atom. The van der Waals surface area contributed by atoms with Crippen LogP contribution in [0.2, 0.25) is 4.47 Å². The van der Waals surface area contributed by atoms with E-state index in [1.807, 2.05) is 13.0 Å². The van der Waals surface area contributed by atoms with Crippen LogP contribution >= 0.6 is 22.9 Å². The van der Waals surface area contributed by atoms with Crippen molar-refractivity contribution in [2.45, 2.75) is 13.5 Å². The van der Waals surface area contributed by atoms with Gasteiger partial charge in [0.2, 0.25) is 0 Å². The van der Waals surface area contributed by atoms with Crippen LogP contribution in [0.15, 0.2) is 18.3 Å². The molecule has 19 heavy (non-hydrogen) atoms. The number of benzene rings is 1. The summed E-state index contributed by atoms with van der Waals surface area (Å²) in [6, 6.07) is 7.47. The third kappa shape index (κ3) is 3.03. The Morgan fingerprint density at radius 2 is 2.16 bits per heavy atom. The van der Waals surface area contributed by atoms with Crippen LogP contribution < -0.4 is 5.32 Å². The fourth-order valence-corrected chi connectivity index (χ4v) is 2.63. The first kappa shape index (κ1) is 13.4. The number of anilines is 1. The molecule has 0 aliphatic heterocycles. The number of aryl methyl sites for hydroxylation is 1. The van der Waals surface area contributed by atoms with E-state index in [1.165, 1.54) is 11.3 Å². The number of halogens is 1. The monoisotopic (exact) mass is 288 g/mol. The number of aromatic nitrogens is 1. The van der Waals surface area contributed by atoms with Gasteiger partial charge in [-0.2, -0.15) is 10.5 Å². The van der Waals surface area contributed by atoms with Crippen LogP contribution in [0, 0.1) is 29.6 Å². The smallest absolute Gasteiger partial charge is 0.183 e. The lowest BCUT2D eigenvalue weighted by Crippen LogP contribution is -2.02. The Kier molecular flexibility index (Phi) is 4.01. The first-order valence-electron chi connectivity index (χ1n) is 5.43. The highest BCUT2D eigenvalue weighted by Crippen LogP contribution is 2.24. The molecule has 0 fully saturated rings. The van der Waals surface area contributed by atoms with Gasteiger partial charge in [0.25, 0.3) is 0 Å². The Morgan fingerprint density at radius 3 is 2.74 bits per heavy atom. The molecule has 2 rings (SSSR count). The summed E-state index contributed by atoms with van der Waals surface area (Å²) in [5.41, 5.74) is 2.56. The summed E-state index contributed by atoms with van der Waals surface area (Å²) in [5, 5.41) is 21.2. The third-order valence-corrected chi connectivity index (χ3v) is 3.66. The van der Waals surface area contributed by atoms with E-state index in [9.17, 15) is 0 Å². The largest absolute Gasteiger partial charge is 0.379 e. The maximum absolute atomic E-state index is 9.13. The van der Waals surface area contributed by atoms with Gasteiger partial charge in [-0.1, -0.05) is 11.6 Å². The van der Waals surface area contributed by atoms with E-state index in [0.29, 0.717) is 22.1 Å². The lowest BCUT2D eigenvalue weighted by Gasteiger charge is -2.10. The average molecular weight is 289 g/mol. The van der Waals surface area contributed by atoms with Crippen LogP contribution in [0.5, 0.6) is 0 Å². The molecule has 1 aromatic carbocycles. The fraction of sp³-hybridized carbons (Fsp3) is 0.154. The number of thiazole rings is 1. The molecule has 0 bridgehead atoms. The standard InChI is InChI=1S/C13H9ClN4S/c1-8-2-9(4-15)3-10(5-16)12(8)17-6-11-7-18-13(14)19-11/h2-3,7,17H,6H2,1H3. The molecule has 6 heteroatoms. The van der Waals surface area contributed by atoms with Gasteiger partial charge < -0.3 is 5.32 Å². The van der Waals surface area contributed by atoms with Gasteiger partial charge >= 0.3 is 0 Å². The number of hydrogen-bond donors (Lipinski definition) is 1. The second kappa shape index (κ2) is 5.71. The molecule has 0 amide bonds. The van der Waals surface area contributed by atoms with E-state index >= 15 is 0 Å². The number of rotatable bonds is 3. The molecule has 0 atom stereocenters. The van der Waals surface area contributed by atoms with E-state index in [2.05, 4.69) is 16.4 Å². The third-order valence-electron chi connectivity index (χ3n) is 2.55. The van der Waals surface area contributed by atoms with Gasteiger partial charge in [-0.25, -0.2) is 4.98 Å². The quantitative estimate of drug-likeness (QED) is 0.939. The van der Waals surface area contributed by atoms with Crippen LogP contribution in [0.4, 0.5) is 5.69 Å². The van der Waals surface area contributed by atoms with Crippen LogP contribution in [-0.4, -0.2) is 4.98 Å². The van der Waals surface area contributed by atoms with Crippen molar-refractivity contribution in [3.05, 3.63) is 44.4 Å². The number of hydrogen-bond acceptors (Lipinski definition) is 5. The second-order valence-electron chi connectivity index (χ2n) is 3.87. The van der Waals surface area contributed by atoms with E-state index < -0.39 is 0 Å². The van der Waals surface area contributed by atoms with E-state index in [0.717, 1.165) is 16.1 Å². The summed E-state index contributed by atoms with van der Waals surface area (Å²) in [7, 11) is 0. The topological polar surface area (TPSA) is 72.5 Å². The van der Waals surface area contributed by atoms with Crippen molar-refractivity contribution in [3.63, 3.8) is 0 Å². The minimum Gasteiger partial charge on any atom is -0.379 e. The number of nitriles is 2. The van der Waals surface area contributed by atoms with Gasteiger partial charge in [0.15, 0.2) is 4.47 Å². The normalized spacial score (nSPS) is 9.68. The molecule has 0 radical (unpaired) electrons. The summed E-state index contributed by atoms with van der Waals surface area (Å²) in [5.74, 6) is 0. The van der Waals surface area contributed by atoms with Gasteiger partial charge in [0.05, 0.1) is 29.4 Å². The van der Waals surface area contributed by atoms with E-state index in [-0.39, 0.29) is 0 Å². The lowest BCUT2D eigenvalue weighted by molar-refractivity contribution is 1.16. The summed E-state index contributed by atoms with van der Waals surface area (Å²) < 4.78 is 0.494. The van der Waals surface area contributed by atoms with Crippen LogP contribution in [0.3, 0.4) is 0 Å². The van der Waals surface area contributed by atoms with Crippen molar-refractivity contribution >= 4 is 28.6 Å². The van der Waals surface area contributed by atoms with Crippen molar-refractivity contribution < 1.29 is 0 Å². The van der Waals surface area contributed by atoms with Gasteiger partial charge in [-0.3, -0.25) is 0 Å². The molecule has 2 aromatic rings. The average Bonchev–Trinajstić information content (AvgIpc) is 2.82. The molecule has 0 saturated carbocycles. The first-order chi connectivity index (χ1) is 9.13. The molecule has 1 heterocycles. The molecule has 0 unspecified atom stereocenters. The molecule has 4 nitrogen and oxygen atoms in total. The lowest BCUT2D eigenvalue weighted by atomic mass is 10.0. The molecular formula is C13H9ClN4S. The number of nitrogens with zero attached hydrogens (tertiary/aromatic N) is 3. The highest BCUT2D eigenvalue weighted by atomic mass is 35.5. The summed E-state index contributed by atoms with van der Waals surface area (Å²) in [6.45, 7) is 2.41. The zero-order chi connectivity index (χ0) is 13.8. The minimum atomic E-state index is 0.465. The highest BCUT2D eigenvalue weighted by Gasteiger charge is 2.08. The van der Waals surface area contributed by atoms with Crippen LogP contribution in [-0.2, 0) is 6.54 Å². The molecule has 0 saturated heterocycles. The molecule has 1 N–H and O–H groups in total. The first-order valence-corrected chi connectivity index (χ1v) is 6.62. The Labute approximate surface area is 119 Å². The van der Waals surface area contributed by atoms with E-state index in [4.69, 9.17) is 22.1 Å². The van der Waals surface area contributed by atoms with E-state index in [1.54, 1.807) is 18.3 Å². The Bertz CT molecular complexity index is 694. The zero-order valence-corrected chi connectivity index (χ0v) is 11.6. The summed E-state index contributed by atoms with van der Waals surface area (Å²) in [4.78, 5) is 4.94. The van der Waals surface area contributed by atoms with Gasteiger partial charge in [0.1, 0.15) is 6.07 Å².